The molecule has 0 saturated carbocycles. The lowest BCUT2D eigenvalue weighted by atomic mass is 10.1. The highest BCUT2D eigenvalue weighted by Crippen LogP contribution is 2.21. The molecule has 0 bridgehead atoms. The van der Waals surface area contributed by atoms with E-state index in [1.807, 2.05) is 0 Å². The van der Waals surface area contributed by atoms with Gasteiger partial charge in [-0.15, -0.1) is 0 Å². The third-order valence-electron chi connectivity index (χ3n) is 2.76. The van der Waals surface area contributed by atoms with Gasteiger partial charge in [0.25, 0.3) is 0 Å². The Balaban J connectivity index is 2.28. The fraction of sp³-hybridized carbons (Fsp3) is 0.231. The second-order valence-electron chi connectivity index (χ2n) is 4.41. The summed E-state index contributed by atoms with van der Waals surface area (Å²) in [5.74, 6) is -0.451. The van der Waals surface area contributed by atoms with Crippen molar-refractivity contribution in [3.8, 4) is 0 Å². The number of halogens is 1. The van der Waals surface area contributed by atoms with Crippen LogP contribution in [0.1, 0.15) is 16.8 Å². The molecule has 0 fully saturated rings. The Kier molecular flexibility index (Phi) is 4.10. The van der Waals surface area contributed by atoms with Gasteiger partial charge < -0.3 is 0 Å². The van der Waals surface area contributed by atoms with Crippen LogP contribution in [0.15, 0.2) is 35.4 Å². The van der Waals surface area contributed by atoms with E-state index in [2.05, 4.69) is 14.9 Å². The minimum atomic E-state index is -3.72. The predicted octanol–water partition coefficient (Wildman–Crippen LogP) is 1.71. The van der Waals surface area contributed by atoms with Crippen LogP contribution in [-0.2, 0) is 16.6 Å². The molecule has 0 amide bonds. The van der Waals surface area contributed by atoms with Gasteiger partial charge in [-0.25, -0.2) is 17.5 Å². The van der Waals surface area contributed by atoms with Crippen molar-refractivity contribution in [3.63, 3.8) is 0 Å². The number of rotatable bonds is 4. The molecular formula is C13H14FN3O2S. The summed E-state index contributed by atoms with van der Waals surface area (Å²) in [5.41, 5.74) is 1.25. The van der Waals surface area contributed by atoms with E-state index in [-0.39, 0.29) is 11.4 Å². The van der Waals surface area contributed by atoms with Crippen LogP contribution in [-0.4, -0.2) is 18.6 Å². The van der Waals surface area contributed by atoms with Gasteiger partial charge in [-0.3, -0.25) is 0 Å². The lowest BCUT2D eigenvalue weighted by molar-refractivity contribution is 0.577. The first-order valence-corrected chi connectivity index (χ1v) is 7.41. The maximum atomic E-state index is 13.2. The maximum Gasteiger partial charge on any atom is 0.241 e. The largest absolute Gasteiger partial charge is 0.241 e. The Hall–Kier alpha value is -1.86. The van der Waals surface area contributed by atoms with Crippen molar-refractivity contribution >= 4 is 10.0 Å². The molecule has 0 aliphatic carbocycles. The molecule has 20 heavy (non-hydrogen) atoms. The molecule has 5 nitrogen and oxygen atoms in total. The topological polar surface area (TPSA) is 72.0 Å². The van der Waals surface area contributed by atoms with Crippen molar-refractivity contribution in [2.45, 2.75) is 25.3 Å². The Labute approximate surface area is 116 Å². The van der Waals surface area contributed by atoms with Gasteiger partial charge in [0, 0.05) is 6.20 Å². The van der Waals surface area contributed by atoms with E-state index < -0.39 is 15.8 Å². The van der Waals surface area contributed by atoms with Gasteiger partial charge in [0.15, 0.2) is 0 Å². The molecule has 1 aromatic carbocycles. The monoisotopic (exact) mass is 295 g/mol. The van der Waals surface area contributed by atoms with E-state index in [9.17, 15) is 12.8 Å². The molecule has 0 aliphatic heterocycles. The molecule has 0 atom stereocenters. The molecule has 1 aromatic heterocycles. The molecule has 0 spiro atoms. The van der Waals surface area contributed by atoms with Crippen LogP contribution in [0.5, 0.6) is 0 Å². The van der Waals surface area contributed by atoms with Crippen molar-refractivity contribution in [2.24, 2.45) is 0 Å². The molecule has 0 unspecified atom stereocenters. The molecule has 2 aromatic rings. The minimum Gasteiger partial charge on any atom is -0.207 e. The van der Waals surface area contributed by atoms with Gasteiger partial charge in [-0.2, -0.15) is 10.2 Å². The van der Waals surface area contributed by atoms with Gasteiger partial charge in [0.1, 0.15) is 5.82 Å². The summed E-state index contributed by atoms with van der Waals surface area (Å²) in [6, 6.07) is 5.73. The average Bonchev–Trinajstić information content (AvgIpc) is 2.36. The summed E-state index contributed by atoms with van der Waals surface area (Å²) in [6.45, 7) is 3.16. The van der Waals surface area contributed by atoms with Gasteiger partial charge in [0.2, 0.25) is 10.0 Å². The normalized spacial score (nSPS) is 11.6. The van der Waals surface area contributed by atoms with Gasteiger partial charge in [-0.05, 0) is 49.2 Å². The van der Waals surface area contributed by atoms with Crippen molar-refractivity contribution in [1.82, 2.24) is 14.9 Å². The molecule has 0 saturated heterocycles. The zero-order valence-electron chi connectivity index (χ0n) is 11.1. The molecular weight excluding hydrogens is 281 g/mol. The summed E-state index contributed by atoms with van der Waals surface area (Å²) in [4.78, 5) is 0.0998. The number of benzene rings is 1. The van der Waals surface area contributed by atoms with E-state index in [0.29, 0.717) is 16.8 Å². The summed E-state index contributed by atoms with van der Waals surface area (Å²) in [6.07, 6.45) is 1.51. The third kappa shape index (κ3) is 3.17. The standard InChI is InChI=1S/C13H14FN3O2S/c1-9-6-11(14)7-10(2)13(9)20(18,19)16-8-12-4-3-5-15-17-12/h3-7,16H,8H2,1-2H3. The molecule has 2 rings (SSSR count). The summed E-state index contributed by atoms with van der Waals surface area (Å²) < 4.78 is 40.2. The van der Waals surface area contributed by atoms with Crippen LogP contribution >= 0.6 is 0 Å². The number of nitrogens with zero attached hydrogens (tertiary/aromatic N) is 2. The maximum absolute atomic E-state index is 13.2. The summed E-state index contributed by atoms with van der Waals surface area (Å²) >= 11 is 0. The van der Waals surface area contributed by atoms with Crippen LogP contribution in [0.25, 0.3) is 0 Å². The summed E-state index contributed by atoms with van der Waals surface area (Å²) in [5, 5.41) is 7.47. The first-order chi connectivity index (χ1) is 9.40. The number of aromatic nitrogens is 2. The minimum absolute atomic E-state index is 0.0342. The fourth-order valence-electron chi connectivity index (χ4n) is 1.99. The van der Waals surface area contributed by atoms with E-state index in [4.69, 9.17) is 0 Å². The molecule has 1 N–H and O–H groups in total. The highest BCUT2D eigenvalue weighted by atomic mass is 32.2. The van der Waals surface area contributed by atoms with Crippen LogP contribution in [0, 0.1) is 19.7 Å². The van der Waals surface area contributed by atoms with Gasteiger partial charge in [-0.1, -0.05) is 0 Å². The molecule has 0 radical (unpaired) electrons. The number of hydrogen-bond acceptors (Lipinski definition) is 4. The van der Waals surface area contributed by atoms with Crippen molar-refractivity contribution in [2.75, 3.05) is 0 Å². The number of hydrogen-bond donors (Lipinski definition) is 1. The quantitative estimate of drug-likeness (QED) is 0.932. The first kappa shape index (κ1) is 14.5. The smallest absolute Gasteiger partial charge is 0.207 e. The van der Waals surface area contributed by atoms with Crippen LogP contribution in [0.3, 0.4) is 0 Å². The number of aryl methyl sites for hydroxylation is 2. The van der Waals surface area contributed by atoms with Crippen LogP contribution in [0.2, 0.25) is 0 Å². The van der Waals surface area contributed by atoms with E-state index in [0.717, 1.165) is 0 Å². The zero-order valence-corrected chi connectivity index (χ0v) is 11.9. The van der Waals surface area contributed by atoms with Gasteiger partial charge >= 0.3 is 0 Å². The number of nitrogens with one attached hydrogen (secondary N) is 1. The van der Waals surface area contributed by atoms with Gasteiger partial charge in [0.05, 0.1) is 17.1 Å². The van der Waals surface area contributed by atoms with Crippen molar-refractivity contribution in [1.29, 1.82) is 0 Å². The lowest BCUT2D eigenvalue weighted by Crippen LogP contribution is -2.25. The Morgan fingerprint density at radius 2 is 1.90 bits per heavy atom. The zero-order chi connectivity index (χ0) is 14.8. The average molecular weight is 295 g/mol. The second-order valence-corrected chi connectivity index (χ2v) is 6.11. The van der Waals surface area contributed by atoms with E-state index in [1.165, 1.54) is 18.3 Å². The fourth-order valence-corrected chi connectivity index (χ4v) is 3.44. The van der Waals surface area contributed by atoms with E-state index >= 15 is 0 Å². The molecule has 106 valence electrons. The van der Waals surface area contributed by atoms with Crippen LogP contribution in [0.4, 0.5) is 4.39 Å². The Bertz CT molecular complexity index is 695. The summed E-state index contributed by atoms with van der Waals surface area (Å²) in [7, 11) is -3.72. The second kappa shape index (κ2) is 5.64. The molecule has 0 aliphatic rings. The molecule has 7 heteroatoms. The lowest BCUT2D eigenvalue weighted by Gasteiger charge is -2.12. The van der Waals surface area contributed by atoms with Crippen molar-refractivity contribution < 1.29 is 12.8 Å². The Morgan fingerprint density at radius 1 is 1.25 bits per heavy atom. The van der Waals surface area contributed by atoms with Crippen LogP contribution < -0.4 is 4.72 Å². The SMILES string of the molecule is Cc1cc(F)cc(C)c1S(=O)(=O)NCc1cccnn1. The highest BCUT2D eigenvalue weighted by molar-refractivity contribution is 7.89. The highest BCUT2D eigenvalue weighted by Gasteiger charge is 2.20. The van der Waals surface area contributed by atoms with Crippen molar-refractivity contribution in [3.05, 3.63) is 53.1 Å². The first-order valence-electron chi connectivity index (χ1n) is 5.93. The predicted molar refractivity (Wildman–Crippen MR) is 71.9 cm³/mol. The van der Waals surface area contributed by atoms with E-state index in [1.54, 1.807) is 26.0 Å². The third-order valence-corrected chi connectivity index (χ3v) is 4.47. The molecule has 1 heterocycles. The Morgan fingerprint density at radius 3 is 2.45 bits per heavy atom. The number of sulfonamides is 1.